The molecule has 0 aliphatic heterocycles. The molecule has 12 nitrogen and oxygen atoms in total. The van der Waals surface area contributed by atoms with E-state index in [-0.39, 0.29) is 18.1 Å². The van der Waals surface area contributed by atoms with Crippen molar-refractivity contribution in [1.82, 2.24) is 20.5 Å². The highest BCUT2D eigenvalue weighted by Gasteiger charge is 2.41. The van der Waals surface area contributed by atoms with Crippen LogP contribution < -0.4 is 21.3 Å². The van der Waals surface area contributed by atoms with E-state index in [1.165, 1.54) is 6.92 Å². The van der Waals surface area contributed by atoms with Crippen LogP contribution >= 0.6 is 11.3 Å². The van der Waals surface area contributed by atoms with Gasteiger partial charge in [-0.15, -0.1) is 0 Å². The average Bonchev–Trinajstić information content (AvgIpc) is 3.11. The quantitative estimate of drug-likeness (QED) is 0.253. The fourth-order valence-corrected chi connectivity index (χ4v) is 4.07. The van der Waals surface area contributed by atoms with Crippen LogP contribution in [0, 0.1) is 0 Å². The highest BCUT2D eigenvalue weighted by molar-refractivity contribution is 7.15. The summed E-state index contributed by atoms with van der Waals surface area (Å²) in [6, 6.07) is 6.52. The number of carbonyl (C=O) groups is 4. The molecule has 0 atom stereocenters. The van der Waals surface area contributed by atoms with E-state index in [9.17, 15) is 32.3 Å². The Morgan fingerprint density at radius 2 is 1.64 bits per heavy atom. The summed E-state index contributed by atoms with van der Waals surface area (Å²) in [7, 11) is 1.02. The van der Waals surface area contributed by atoms with Crippen molar-refractivity contribution in [2.75, 3.05) is 17.7 Å². The minimum absolute atomic E-state index is 0.197. The normalized spacial score (nSPS) is 11.1. The van der Waals surface area contributed by atoms with Gasteiger partial charge in [-0.25, -0.2) is 14.6 Å². The van der Waals surface area contributed by atoms with Crippen LogP contribution in [0.3, 0.4) is 0 Å². The van der Waals surface area contributed by atoms with Crippen LogP contribution in [0.1, 0.15) is 23.1 Å². The molecule has 0 radical (unpaired) electrons. The van der Waals surface area contributed by atoms with Gasteiger partial charge in [-0.2, -0.15) is 13.2 Å². The molecule has 1 heterocycles. The summed E-state index contributed by atoms with van der Waals surface area (Å²) in [5, 5.41) is 26.9. The third-order valence-corrected chi connectivity index (χ3v) is 5.48. The van der Waals surface area contributed by atoms with Gasteiger partial charge in [-0.1, -0.05) is 23.5 Å². The Kier molecular flexibility index (Phi) is 9.43. The van der Waals surface area contributed by atoms with Crippen molar-refractivity contribution in [1.29, 1.82) is 0 Å². The number of anilines is 2. The van der Waals surface area contributed by atoms with Crippen molar-refractivity contribution in [3.63, 3.8) is 0 Å². The number of thiazole rings is 1. The Balaban J connectivity index is 2.11. The van der Waals surface area contributed by atoms with E-state index in [1.54, 1.807) is 24.3 Å². The van der Waals surface area contributed by atoms with Crippen LogP contribution in [0.15, 0.2) is 24.3 Å². The fraction of sp³-hybridized carbons (Fsp3) is 0.350. The first-order chi connectivity index (χ1) is 16.7. The summed E-state index contributed by atoms with van der Waals surface area (Å²) in [4.78, 5) is 49.7. The maximum Gasteiger partial charge on any atom is 0.471 e. The largest absolute Gasteiger partial charge is 0.471 e. The van der Waals surface area contributed by atoms with Crippen molar-refractivity contribution in [2.45, 2.75) is 38.8 Å². The van der Waals surface area contributed by atoms with Crippen LogP contribution in [-0.2, 0) is 29.0 Å². The fourth-order valence-electron chi connectivity index (χ4n) is 2.96. The number of carboxylic acid groups (broad SMARTS) is 2. The van der Waals surface area contributed by atoms with E-state index in [2.05, 4.69) is 15.6 Å². The van der Waals surface area contributed by atoms with E-state index in [0.29, 0.717) is 27.6 Å². The molecule has 1 aromatic heterocycles. The molecule has 0 aliphatic rings. The minimum atomic E-state index is -5.02. The number of aryl methyl sites for hydroxylation is 2. The summed E-state index contributed by atoms with van der Waals surface area (Å²) < 4.78 is 38.3. The molecule has 1 aromatic carbocycles. The molecule has 16 heteroatoms. The van der Waals surface area contributed by atoms with E-state index < -0.39 is 36.5 Å². The third-order valence-electron chi connectivity index (χ3n) is 4.48. The second-order valence-corrected chi connectivity index (χ2v) is 8.49. The van der Waals surface area contributed by atoms with Gasteiger partial charge in [0.1, 0.15) is 0 Å². The molecule has 0 aliphatic carbocycles. The van der Waals surface area contributed by atoms with Crippen LogP contribution in [0.5, 0.6) is 0 Å². The van der Waals surface area contributed by atoms with Gasteiger partial charge in [0.25, 0.3) is 0 Å². The molecule has 36 heavy (non-hydrogen) atoms. The van der Waals surface area contributed by atoms with Crippen LogP contribution in [0.25, 0.3) is 0 Å². The Morgan fingerprint density at radius 3 is 2.14 bits per heavy atom. The lowest BCUT2D eigenvalue weighted by atomic mass is 10.1. The molecular weight excluding hydrogens is 509 g/mol. The zero-order valence-electron chi connectivity index (χ0n) is 19.0. The van der Waals surface area contributed by atoms with Crippen molar-refractivity contribution < 1.29 is 42.6 Å². The first-order valence-electron chi connectivity index (χ1n) is 10.2. The Bertz CT molecular complexity index is 1090. The van der Waals surface area contributed by atoms with Gasteiger partial charge in [0.15, 0.2) is 11.4 Å². The molecule has 0 saturated carbocycles. The zero-order valence-corrected chi connectivity index (χ0v) is 19.8. The SMILES string of the molecule is CC(=O)Nc1nc(CCc2ccc(NC(NC(=O)O)NC(=O)O)cc2)c(CN(C)C(=O)C(F)(F)F)s1. The number of nitrogens with one attached hydrogen (secondary N) is 4. The van der Waals surface area contributed by atoms with Crippen molar-refractivity contribution >= 4 is 46.2 Å². The summed E-state index contributed by atoms with van der Waals surface area (Å²) in [5.74, 6) is -2.41. The Morgan fingerprint density at radius 1 is 1.06 bits per heavy atom. The lowest BCUT2D eigenvalue weighted by molar-refractivity contribution is -0.184. The number of alkyl halides is 3. The molecule has 0 fully saturated rings. The van der Waals surface area contributed by atoms with Crippen molar-refractivity contribution in [3.8, 4) is 0 Å². The standard InChI is InChI=1S/C20H23F3N6O6S/c1-10(30)24-17-26-13(14(36-17)9-29(2)15(31)20(21,22)23)8-5-11-3-6-12(7-4-11)25-16(27-18(32)33)28-19(34)35/h3-4,6-7,16,25,27-28H,5,8-9H2,1-2H3,(H,32,33)(H,34,35)(H,24,26,30). The molecule has 0 unspecified atom stereocenters. The van der Waals surface area contributed by atoms with Crippen molar-refractivity contribution in [2.24, 2.45) is 0 Å². The number of carbonyl (C=O) groups excluding carboxylic acids is 2. The molecule has 2 rings (SSSR count). The first kappa shape index (κ1) is 28.2. The molecule has 196 valence electrons. The number of hydrogen-bond donors (Lipinski definition) is 6. The molecule has 0 spiro atoms. The van der Waals surface area contributed by atoms with Gasteiger partial charge in [0.05, 0.1) is 12.2 Å². The Labute approximate surface area is 206 Å². The van der Waals surface area contributed by atoms with E-state index in [1.807, 2.05) is 10.6 Å². The number of nitrogens with zero attached hydrogens (tertiary/aromatic N) is 2. The van der Waals surface area contributed by atoms with Crippen LogP contribution in [0.2, 0.25) is 0 Å². The van der Waals surface area contributed by atoms with Gasteiger partial charge in [0.2, 0.25) is 5.91 Å². The maximum absolute atomic E-state index is 12.8. The van der Waals surface area contributed by atoms with Crippen LogP contribution in [-0.4, -0.2) is 63.6 Å². The monoisotopic (exact) mass is 532 g/mol. The van der Waals surface area contributed by atoms with Gasteiger partial charge >= 0.3 is 24.3 Å². The first-order valence-corrected chi connectivity index (χ1v) is 11.0. The number of amides is 4. The minimum Gasteiger partial charge on any atom is -0.465 e. The smallest absolute Gasteiger partial charge is 0.465 e. The van der Waals surface area contributed by atoms with E-state index in [0.717, 1.165) is 23.9 Å². The maximum atomic E-state index is 12.8. The summed E-state index contributed by atoms with van der Waals surface area (Å²) in [5.41, 5.74) is 1.61. The molecule has 4 amide bonds. The molecule has 6 N–H and O–H groups in total. The second-order valence-electron chi connectivity index (χ2n) is 7.40. The van der Waals surface area contributed by atoms with E-state index in [4.69, 9.17) is 10.2 Å². The molecule has 0 saturated heterocycles. The topological polar surface area (TPSA) is 173 Å². The number of halogens is 3. The predicted molar refractivity (Wildman–Crippen MR) is 123 cm³/mol. The lowest BCUT2D eigenvalue weighted by Gasteiger charge is -2.19. The second kappa shape index (κ2) is 12.1. The number of benzene rings is 1. The zero-order chi connectivity index (χ0) is 27.0. The summed E-state index contributed by atoms with van der Waals surface area (Å²) in [6.07, 6.45) is -8.52. The number of aromatic nitrogens is 1. The highest BCUT2D eigenvalue weighted by atomic mass is 32.1. The molecule has 2 aromatic rings. The average molecular weight is 533 g/mol. The lowest BCUT2D eigenvalue weighted by Crippen LogP contribution is -2.52. The number of hydrogen-bond acceptors (Lipinski definition) is 7. The van der Waals surface area contributed by atoms with Gasteiger partial charge in [0, 0.05) is 24.5 Å². The predicted octanol–water partition coefficient (Wildman–Crippen LogP) is 2.64. The molecule has 0 bridgehead atoms. The number of rotatable bonds is 10. The summed E-state index contributed by atoms with van der Waals surface area (Å²) >= 11 is 0.974. The third kappa shape index (κ3) is 8.94. The summed E-state index contributed by atoms with van der Waals surface area (Å²) in [6.45, 7) is 0.917. The van der Waals surface area contributed by atoms with Gasteiger partial charge < -0.3 is 25.7 Å². The Hall–Kier alpha value is -4.08. The van der Waals surface area contributed by atoms with Crippen LogP contribution in [0.4, 0.5) is 33.6 Å². The van der Waals surface area contributed by atoms with E-state index >= 15 is 0 Å². The molecular formula is C20H23F3N6O6S. The van der Waals surface area contributed by atoms with Crippen molar-refractivity contribution in [3.05, 3.63) is 40.4 Å². The highest BCUT2D eigenvalue weighted by Crippen LogP contribution is 2.27. The van der Waals surface area contributed by atoms with Gasteiger partial charge in [-0.3, -0.25) is 20.2 Å². The van der Waals surface area contributed by atoms with Gasteiger partial charge in [-0.05, 0) is 30.5 Å².